The minimum absolute atomic E-state index is 0.107. The molecule has 0 atom stereocenters. The fourth-order valence-corrected chi connectivity index (χ4v) is 4.88. The number of halogens is 4. The summed E-state index contributed by atoms with van der Waals surface area (Å²) in [5, 5.41) is 20.0. The van der Waals surface area contributed by atoms with Gasteiger partial charge in [0.1, 0.15) is 11.5 Å². The van der Waals surface area contributed by atoms with Crippen LogP contribution in [0.2, 0.25) is 0 Å². The standard InChI is InChI=1S/C12H6Br4O2S/c13-7-8(14)10(16)12(11(18)9(7)15)19-6-4-2-1-3-5(6)17/h1-4,17-18H. The maximum absolute atomic E-state index is 10.2. The van der Waals surface area contributed by atoms with Crippen LogP contribution in [0, 0.1) is 0 Å². The zero-order chi connectivity index (χ0) is 14.2. The molecule has 0 fully saturated rings. The number of rotatable bonds is 2. The summed E-state index contributed by atoms with van der Waals surface area (Å²) >= 11 is 14.8. The second-order valence-corrected chi connectivity index (χ2v) is 7.73. The Morgan fingerprint density at radius 1 is 0.789 bits per heavy atom. The van der Waals surface area contributed by atoms with E-state index in [0.29, 0.717) is 18.7 Å². The van der Waals surface area contributed by atoms with Crippen molar-refractivity contribution in [3.8, 4) is 11.5 Å². The van der Waals surface area contributed by atoms with Crippen LogP contribution in [0.25, 0.3) is 0 Å². The van der Waals surface area contributed by atoms with Gasteiger partial charge < -0.3 is 10.2 Å². The van der Waals surface area contributed by atoms with Crippen molar-refractivity contribution in [2.24, 2.45) is 0 Å². The highest BCUT2D eigenvalue weighted by atomic mass is 79.9. The number of hydrogen-bond donors (Lipinski definition) is 2. The maximum Gasteiger partial charge on any atom is 0.146 e. The van der Waals surface area contributed by atoms with Crippen LogP contribution in [-0.2, 0) is 0 Å². The maximum atomic E-state index is 10.2. The minimum atomic E-state index is 0.107. The first-order valence-corrected chi connectivity index (χ1v) is 8.93. The van der Waals surface area contributed by atoms with Crippen LogP contribution in [0.4, 0.5) is 0 Å². The van der Waals surface area contributed by atoms with Crippen molar-refractivity contribution < 1.29 is 10.2 Å². The first-order chi connectivity index (χ1) is 8.93. The van der Waals surface area contributed by atoms with E-state index < -0.39 is 0 Å². The van der Waals surface area contributed by atoms with Gasteiger partial charge in [0, 0.05) is 4.47 Å². The Morgan fingerprint density at radius 3 is 2.00 bits per heavy atom. The number of phenolic OH excluding ortho intramolecular Hbond substituents is 2. The van der Waals surface area contributed by atoms with Crippen molar-refractivity contribution in [2.75, 3.05) is 0 Å². The first kappa shape index (κ1) is 15.7. The average molecular weight is 534 g/mol. The van der Waals surface area contributed by atoms with Crippen molar-refractivity contribution in [3.63, 3.8) is 0 Å². The van der Waals surface area contributed by atoms with Crippen molar-refractivity contribution in [3.05, 3.63) is 42.2 Å². The summed E-state index contributed by atoms with van der Waals surface area (Å²) in [5.74, 6) is 0.282. The van der Waals surface area contributed by atoms with Gasteiger partial charge in [0.05, 0.1) is 23.2 Å². The smallest absolute Gasteiger partial charge is 0.146 e. The highest BCUT2D eigenvalue weighted by Gasteiger charge is 2.20. The Labute approximate surface area is 148 Å². The van der Waals surface area contributed by atoms with Crippen molar-refractivity contribution in [1.29, 1.82) is 0 Å². The van der Waals surface area contributed by atoms with E-state index in [1.807, 2.05) is 6.07 Å². The summed E-state index contributed by atoms with van der Waals surface area (Å²) in [6.45, 7) is 0. The van der Waals surface area contributed by atoms with Gasteiger partial charge in [-0.25, -0.2) is 0 Å². The van der Waals surface area contributed by atoms with Gasteiger partial charge in [-0.05, 0) is 75.9 Å². The normalized spacial score (nSPS) is 10.7. The number of benzene rings is 2. The second kappa shape index (κ2) is 6.39. The van der Waals surface area contributed by atoms with Gasteiger partial charge in [0.25, 0.3) is 0 Å². The van der Waals surface area contributed by atoms with Gasteiger partial charge in [-0.1, -0.05) is 23.9 Å². The molecular weight excluding hydrogens is 528 g/mol. The van der Waals surface area contributed by atoms with Gasteiger partial charge in [-0.3, -0.25) is 0 Å². The molecule has 0 spiro atoms. The zero-order valence-electron chi connectivity index (χ0n) is 9.12. The van der Waals surface area contributed by atoms with E-state index in [9.17, 15) is 10.2 Å². The Hall–Kier alpha value is 0.310. The van der Waals surface area contributed by atoms with E-state index in [2.05, 4.69) is 63.7 Å². The molecule has 0 heterocycles. The molecule has 19 heavy (non-hydrogen) atoms. The molecule has 0 aliphatic heterocycles. The second-order valence-electron chi connectivity index (χ2n) is 3.50. The molecule has 0 aromatic heterocycles. The lowest BCUT2D eigenvalue weighted by molar-refractivity contribution is 0.456. The van der Waals surface area contributed by atoms with E-state index in [4.69, 9.17) is 0 Å². The molecule has 7 heteroatoms. The largest absolute Gasteiger partial charge is 0.507 e. The molecule has 0 aliphatic carbocycles. The van der Waals surface area contributed by atoms with Crippen LogP contribution >= 0.6 is 75.5 Å². The number of hydrogen-bond acceptors (Lipinski definition) is 3. The zero-order valence-corrected chi connectivity index (χ0v) is 16.3. The van der Waals surface area contributed by atoms with E-state index in [0.717, 1.165) is 8.95 Å². The average Bonchev–Trinajstić information content (AvgIpc) is 2.41. The molecule has 0 saturated heterocycles. The third-order valence-corrected chi connectivity index (χ3v) is 8.45. The lowest BCUT2D eigenvalue weighted by atomic mass is 10.3. The molecule has 0 radical (unpaired) electrons. The number of para-hydroxylation sites is 1. The lowest BCUT2D eigenvalue weighted by Crippen LogP contribution is -1.85. The third kappa shape index (κ3) is 3.15. The topological polar surface area (TPSA) is 40.5 Å². The Balaban J connectivity index is 2.56. The molecule has 0 saturated carbocycles. The molecular formula is C12H6Br4O2S. The molecule has 0 bridgehead atoms. The molecule has 100 valence electrons. The van der Waals surface area contributed by atoms with Gasteiger partial charge >= 0.3 is 0 Å². The quantitative estimate of drug-likeness (QED) is 0.352. The summed E-state index contributed by atoms with van der Waals surface area (Å²) in [5.41, 5.74) is 0. The monoisotopic (exact) mass is 530 g/mol. The Morgan fingerprint density at radius 2 is 1.37 bits per heavy atom. The van der Waals surface area contributed by atoms with Gasteiger partial charge in [-0.2, -0.15) is 0 Å². The van der Waals surface area contributed by atoms with Crippen LogP contribution in [0.5, 0.6) is 11.5 Å². The number of aromatic hydroxyl groups is 2. The summed E-state index contributed by atoms with van der Waals surface area (Å²) in [6, 6.07) is 6.98. The lowest BCUT2D eigenvalue weighted by Gasteiger charge is -2.13. The first-order valence-electron chi connectivity index (χ1n) is 4.94. The third-order valence-electron chi connectivity index (χ3n) is 2.28. The van der Waals surface area contributed by atoms with Crippen LogP contribution in [0.1, 0.15) is 0 Å². The van der Waals surface area contributed by atoms with Crippen LogP contribution in [0.15, 0.2) is 51.9 Å². The van der Waals surface area contributed by atoms with Crippen molar-refractivity contribution >= 4 is 75.5 Å². The van der Waals surface area contributed by atoms with Gasteiger partial charge in [0.2, 0.25) is 0 Å². The van der Waals surface area contributed by atoms with Gasteiger partial charge in [-0.15, -0.1) is 0 Å². The summed E-state index contributed by atoms with van der Waals surface area (Å²) < 4.78 is 2.78. The van der Waals surface area contributed by atoms with E-state index in [1.54, 1.807) is 18.2 Å². The molecule has 2 rings (SSSR count). The van der Waals surface area contributed by atoms with Gasteiger partial charge in [0.15, 0.2) is 0 Å². The van der Waals surface area contributed by atoms with Crippen LogP contribution in [-0.4, -0.2) is 10.2 Å². The molecule has 2 aromatic rings. The summed E-state index contributed by atoms with van der Waals surface area (Å²) in [6.07, 6.45) is 0. The predicted octanol–water partition coefficient (Wildman–Crippen LogP) is 6.30. The Kier molecular flexibility index (Phi) is 5.28. The summed E-state index contributed by atoms with van der Waals surface area (Å²) in [4.78, 5) is 1.28. The predicted molar refractivity (Wildman–Crippen MR) is 91.1 cm³/mol. The van der Waals surface area contributed by atoms with E-state index in [-0.39, 0.29) is 11.5 Å². The van der Waals surface area contributed by atoms with E-state index >= 15 is 0 Å². The van der Waals surface area contributed by atoms with Crippen LogP contribution in [0.3, 0.4) is 0 Å². The van der Waals surface area contributed by atoms with Crippen molar-refractivity contribution in [1.82, 2.24) is 0 Å². The highest BCUT2D eigenvalue weighted by molar-refractivity contribution is 9.15. The number of phenols is 2. The molecule has 2 nitrogen and oxygen atoms in total. The summed E-state index contributed by atoms with van der Waals surface area (Å²) in [7, 11) is 0. The molecule has 0 unspecified atom stereocenters. The fourth-order valence-electron chi connectivity index (χ4n) is 1.35. The highest BCUT2D eigenvalue weighted by Crippen LogP contribution is 2.51. The van der Waals surface area contributed by atoms with Crippen LogP contribution < -0.4 is 0 Å². The SMILES string of the molecule is Oc1ccccc1Sc1c(O)c(Br)c(Br)c(Br)c1Br. The molecule has 2 N–H and O–H groups in total. The van der Waals surface area contributed by atoms with E-state index in [1.165, 1.54) is 11.8 Å². The Bertz CT molecular complexity index is 617. The molecule has 0 amide bonds. The molecule has 2 aromatic carbocycles. The minimum Gasteiger partial charge on any atom is -0.507 e. The fraction of sp³-hybridized carbons (Fsp3) is 0. The van der Waals surface area contributed by atoms with Crippen molar-refractivity contribution in [2.45, 2.75) is 9.79 Å². The molecule has 0 aliphatic rings.